The Morgan fingerprint density at radius 1 is 1.21 bits per heavy atom. The number of nitrogens with zero attached hydrogens (tertiary/aromatic N) is 2. The number of nitriles is 1. The third kappa shape index (κ3) is 1.67. The van der Waals surface area contributed by atoms with Gasteiger partial charge in [-0.25, -0.2) is 4.90 Å². The molecule has 0 radical (unpaired) electrons. The van der Waals surface area contributed by atoms with Gasteiger partial charge in [-0.3, -0.25) is 9.59 Å². The number of amides is 2. The van der Waals surface area contributed by atoms with E-state index in [4.69, 9.17) is 0 Å². The van der Waals surface area contributed by atoms with Gasteiger partial charge in [0.2, 0.25) is 11.8 Å². The summed E-state index contributed by atoms with van der Waals surface area (Å²) in [5.74, 6) is 0.420. The van der Waals surface area contributed by atoms with E-state index in [0.29, 0.717) is 16.5 Å². The van der Waals surface area contributed by atoms with Crippen molar-refractivity contribution in [2.24, 2.45) is 29.6 Å². The molecule has 5 heteroatoms. The lowest BCUT2D eigenvalue weighted by atomic mass is 9.85. The monoisotopic (exact) mass is 338 g/mol. The zero-order valence-electron chi connectivity index (χ0n) is 13.5. The Balaban J connectivity index is 1.60. The first-order chi connectivity index (χ1) is 11.6. The summed E-state index contributed by atoms with van der Waals surface area (Å²) < 4.78 is 0. The molecule has 0 spiro atoms. The van der Waals surface area contributed by atoms with Crippen LogP contribution < -0.4 is 4.90 Å². The molecule has 0 aromatic carbocycles. The summed E-state index contributed by atoms with van der Waals surface area (Å²) in [6.07, 6.45) is 8.08. The van der Waals surface area contributed by atoms with Gasteiger partial charge in [0, 0.05) is 4.88 Å². The van der Waals surface area contributed by atoms with E-state index in [2.05, 4.69) is 25.1 Å². The van der Waals surface area contributed by atoms with E-state index in [0.717, 1.165) is 31.2 Å². The second kappa shape index (κ2) is 4.80. The largest absolute Gasteiger partial charge is 0.274 e. The number of allylic oxidation sites excluding steroid dienone is 2. The van der Waals surface area contributed by atoms with Gasteiger partial charge in [0.25, 0.3) is 0 Å². The van der Waals surface area contributed by atoms with Crippen molar-refractivity contribution in [3.63, 3.8) is 0 Å². The Bertz CT molecular complexity index is 816. The van der Waals surface area contributed by atoms with Gasteiger partial charge >= 0.3 is 0 Å². The number of fused-ring (bicyclic) bond motifs is 6. The van der Waals surface area contributed by atoms with Crippen molar-refractivity contribution >= 4 is 28.2 Å². The Morgan fingerprint density at radius 2 is 1.88 bits per heavy atom. The smallest absolute Gasteiger partial charge is 0.238 e. The zero-order chi connectivity index (χ0) is 16.6. The predicted molar refractivity (Wildman–Crippen MR) is 90.4 cm³/mol. The molecule has 4 aliphatic rings. The maximum Gasteiger partial charge on any atom is 0.238 e. The normalized spacial score (nSPS) is 36.2. The number of carbonyl (C=O) groups excluding carboxylic acids is 2. The lowest BCUT2D eigenvalue weighted by Gasteiger charge is -2.18. The SMILES string of the molecule is C[C@@H]1CCc2sc(N3C(=O)[C@@H]4[C@H](C3=O)[C@H]3C=C[C@H]4C3)c(C#N)c2C1. The topological polar surface area (TPSA) is 61.2 Å². The predicted octanol–water partition coefficient (Wildman–Crippen LogP) is 3.06. The van der Waals surface area contributed by atoms with Gasteiger partial charge < -0.3 is 0 Å². The number of thiophene rings is 1. The first kappa shape index (κ1) is 14.4. The summed E-state index contributed by atoms with van der Waals surface area (Å²) in [7, 11) is 0. The second-order valence-corrected chi connectivity index (χ2v) is 8.74. The van der Waals surface area contributed by atoms with Gasteiger partial charge in [0.05, 0.1) is 17.4 Å². The maximum absolute atomic E-state index is 13.0. The van der Waals surface area contributed by atoms with Crippen molar-refractivity contribution < 1.29 is 9.59 Å². The third-order valence-electron chi connectivity index (χ3n) is 6.27. The molecule has 1 aromatic heterocycles. The molecule has 1 saturated carbocycles. The summed E-state index contributed by atoms with van der Waals surface area (Å²) in [5, 5.41) is 10.3. The molecule has 0 unspecified atom stereocenters. The molecule has 1 aromatic rings. The quantitative estimate of drug-likeness (QED) is 0.584. The van der Waals surface area contributed by atoms with Crippen LogP contribution in [-0.4, -0.2) is 11.8 Å². The summed E-state index contributed by atoms with van der Waals surface area (Å²) in [6, 6.07) is 2.29. The fourth-order valence-electron chi connectivity index (χ4n) is 5.12. The standard InChI is InChI=1S/C19H18N2O2S/c1-9-2-5-14-12(6-9)13(8-20)19(24-14)21-17(22)15-10-3-4-11(7-10)16(15)18(21)23/h3-4,9-11,15-16H,2,5-7H2,1H3/t9-,10+,11+,15-,16+/m1/s1. The minimum Gasteiger partial charge on any atom is -0.274 e. The molecule has 1 saturated heterocycles. The molecule has 2 heterocycles. The van der Waals surface area contributed by atoms with Gasteiger partial charge in [-0.2, -0.15) is 5.26 Å². The Kier molecular flexibility index (Phi) is 2.88. The highest BCUT2D eigenvalue weighted by molar-refractivity contribution is 7.17. The van der Waals surface area contributed by atoms with Crippen molar-refractivity contribution in [3.8, 4) is 6.07 Å². The minimum atomic E-state index is -0.197. The summed E-state index contributed by atoms with van der Waals surface area (Å²) >= 11 is 1.50. The van der Waals surface area contributed by atoms with Crippen molar-refractivity contribution in [1.29, 1.82) is 5.26 Å². The third-order valence-corrected chi connectivity index (χ3v) is 7.55. The second-order valence-electron chi connectivity index (χ2n) is 7.66. The number of hydrogen-bond acceptors (Lipinski definition) is 4. The lowest BCUT2D eigenvalue weighted by Crippen LogP contribution is -2.32. The Hall–Kier alpha value is -1.93. The Labute approximate surface area is 144 Å². The molecule has 2 fully saturated rings. The van der Waals surface area contributed by atoms with Crippen molar-refractivity contribution in [2.45, 2.75) is 32.6 Å². The molecular formula is C19H18N2O2S. The van der Waals surface area contributed by atoms with Crippen LogP contribution in [0.4, 0.5) is 5.00 Å². The zero-order valence-corrected chi connectivity index (χ0v) is 14.3. The highest BCUT2D eigenvalue weighted by Gasteiger charge is 2.60. The molecule has 5 rings (SSSR count). The van der Waals surface area contributed by atoms with E-state index >= 15 is 0 Å². The van der Waals surface area contributed by atoms with Crippen LogP contribution in [0.15, 0.2) is 12.2 Å². The maximum atomic E-state index is 13.0. The van der Waals surface area contributed by atoms with Gasteiger partial charge in [-0.1, -0.05) is 19.1 Å². The molecule has 0 N–H and O–H groups in total. The molecule has 122 valence electrons. The fourth-order valence-corrected chi connectivity index (χ4v) is 6.42. The number of hydrogen-bond donors (Lipinski definition) is 0. The van der Waals surface area contributed by atoms with Crippen molar-refractivity contribution in [3.05, 3.63) is 28.2 Å². The number of anilines is 1. The molecule has 1 aliphatic heterocycles. The van der Waals surface area contributed by atoms with E-state index < -0.39 is 0 Å². The van der Waals surface area contributed by atoms with E-state index in [1.54, 1.807) is 0 Å². The van der Waals surface area contributed by atoms with Crippen LogP contribution >= 0.6 is 11.3 Å². The van der Waals surface area contributed by atoms with Crippen LogP contribution in [0.2, 0.25) is 0 Å². The van der Waals surface area contributed by atoms with E-state index in [1.165, 1.54) is 21.1 Å². The van der Waals surface area contributed by atoms with Gasteiger partial charge in [-0.15, -0.1) is 11.3 Å². The van der Waals surface area contributed by atoms with Gasteiger partial charge in [0.15, 0.2) is 0 Å². The number of rotatable bonds is 1. The van der Waals surface area contributed by atoms with Gasteiger partial charge in [-0.05, 0) is 49.0 Å². The van der Waals surface area contributed by atoms with Crippen molar-refractivity contribution in [1.82, 2.24) is 0 Å². The molecule has 4 nitrogen and oxygen atoms in total. The van der Waals surface area contributed by atoms with E-state index in [1.807, 2.05) is 0 Å². The highest BCUT2D eigenvalue weighted by Crippen LogP contribution is 2.54. The first-order valence-corrected chi connectivity index (χ1v) is 9.52. The van der Waals surface area contributed by atoms with Crippen molar-refractivity contribution in [2.75, 3.05) is 4.90 Å². The number of carbonyl (C=O) groups is 2. The van der Waals surface area contributed by atoms with Crippen LogP contribution in [-0.2, 0) is 22.4 Å². The summed E-state index contributed by atoms with van der Waals surface area (Å²) in [6.45, 7) is 2.20. The van der Waals surface area contributed by atoms with Crippen LogP contribution in [0.1, 0.15) is 35.8 Å². The molecule has 2 bridgehead atoms. The molecular weight excluding hydrogens is 320 g/mol. The summed E-state index contributed by atoms with van der Waals surface area (Å²) in [4.78, 5) is 28.6. The molecule has 2 amide bonds. The van der Waals surface area contributed by atoms with Crippen LogP contribution in [0.3, 0.4) is 0 Å². The Morgan fingerprint density at radius 3 is 2.50 bits per heavy atom. The van der Waals surface area contributed by atoms with E-state index in [9.17, 15) is 14.9 Å². The summed E-state index contributed by atoms with van der Waals surface area (Å²) in [5.41, 5.74) is 1.65. The average molecular weight is 338 g/mol. The molecule has 24 heavy (non-hydrogen) atoms. The first-order valence-electron chi connectivity index (χ1n) is 8.71. The average Bonchev–Trinajstić information content (AvgIpc) is 3.29. The minimum absolute atomic E-state index is 0.0787. The van der Waals surface area contributed by atoms with E-state index in [-0.39, 0.29) is 35.5 Å². The van der Waals surface area contributed by atoms with Crippen LogP contribution in [0, 0.1) is 40.9 Å². The van der Waals surface area contributed by atoms with Gasteiger partial charge in [0.1, 0.15) is 11.1 Å². The van der Waals surface area contributed by atoms with Crippen LogP contribution in [0.25, 0.3) is 0 Å². The van der Waals surface area contributed by atoms with Crippen LogP contribution in [0.5, 0.6) is 0 Å². The number of aryl methyl sites for hydroxylation is 1. The molecule has 3 aliphatic carbocycles. The fraction of sp³-hybridized carbons (Fsp3) is 0.526. The molecule has 5 atom stereocenters. The highest BCUT2D eigenvalue weighted by atomic mass is 32.1. The number of imide groups is 1. The lowest BCUT2D eigenvalue weighted by molar-refractivity contribution is -0.123.